The van der Waals surface area contributed by atoms with Gasteiger partial charge in [-0.3, -0.25) is 9.59 Å². The van der Waals surface area contributed by atoms with Crippen LogP contribution in [0.3, 0.4) is 0 Å². The molecule has 2 heterocycles. The molecule has 0 atom stereocenters. The number of anilines is 1. The third-order valence-corrected chi connectivity index (χ3v) is 5.21. The number of fused-ring (bicyclic) bond motifs is 1. The minimum Gasteiger partial charge on any atom is -0.491 e. The Balaban J connectivity index is 1.86. The van der Waals surface area contributed by atoms with Crippen LogP contribution in [0, 0.1) is 20.8 Å². The highest BCUT2D eigenvalue weighted by Crippen LogP contribution is 2.32. The molecule has 7 nitrogen and oxygen atoms in total. The summed E-state index contributed by atoms with van der Waals surface area (Å²) in [5.74, 6) is 0.488. The third kappa shape index (κ3) is 4.06. The molecule has 0 saturated carbocycles. The fourth-order valence-corrected chi connectivity index (χ4v) is 4.00. The zero-order valence-electron chi connectivity index (χ0n) is 15.3. The Morgan fingerprint density at radius 2 is 1.93 bits per heavy atom. The van der Waals surface area contributed by atoms with Crippen LogP contribution in [0.2, 0.25) is 0 Å². The number of ether oxygens (including phenoxy) is 1. The highest BCUT2D eigenvalue weighted by Gasteiger charge is 2.19. The van der Waals surface area contributed by atoms with Crippen molar-refractivity contribution in [3.63, 3.8) is 0 Å². The smallest absolute Gasteiger partial charge is 0.266 e. The van der Waals surface area contributed by atoms with Gasteiger partial charge in [0.15, 0.2) is 0 Å². The van der Waals surface area contributed by atoms with Crippen molar-refractivity contribution in [1.29, 1.82) is 0 Å². The summed E-state index contributed by atoms with van der Waals surface area (Å²) in [4.78, 5) is 33.9. The number of primary amides is 1. The molecule has 140 valence electrons. The number of benzene rings is 1. The maximum atomic E-state index is 12.9. The largest absolute Gasteiger partial charge is 0.491 e. The maximum absolute atomic E-state index is 12.9. The molecule has 0 bridgehead atoms. The number of rotatable bonds is 6. The van der Waals surface area contributed by atoms with Crippen LogP contribution in [0.25, 0.3) is 10.2 Å². The van der Waals surface area contributed by atoms with Gasteiger partial charge in [0.2, 0.25) is 5.91 Å². The Morgan fingerprint density at radius 3 is 2.67 bits per heavy atom. The second-order valence-corrected chi connectivity index (χ2v) is 7.11. The van der Waals surface area contributed by atoms with E-state index in [9.17, 15) is 9.59 Å². The van der Waals surface area contributed by atoms with E-state index >= 15 is 0 Å². The molecule has 3 aromatic rings. The molecule has 2 amide bonds. The van der Waals surface area contributed by atoms with Crippen molar-refractivity contribution < 1.29 is 14.3 Å². The Morgan fingerprint density at radius 1 is 1.19 bits per heavy atom. The van der Waals surface area contributed by atoms with Gasteiger partial charge in [-0.15, -0.1) is 11.3 Å². The number of carbonyl (C=O) groups excluding carboxylic acids is 2. The number of hydrogen-bond donors (Lipinski definition) is 2. The summed E-state index contributed by atoms with van der Waals surface area (Å²) >= 11 is 1.34. The van der Waals surface area contributed by atoms with Gasteiger partial charge in [-0.2, -0.15) is 0 Å². The van der Waals surface area contributed by atoms with Crippen molar-refractivity contribution >= 4 is 39.1 Å². The Labute approximate surface area is 160 Å². The highest BCUT2D eigenvalue weighted by molar-refractivity contribution is 7.20. The van der Waals surface area contributed by atoms with Gasteiger partial charge in [0.1, 0.15) is 16.4 Å². The van der Waals surface area contributed by atoms with E-state index in [1.807, 2.05) is 20.8 Å². The molecule has 8 heteroatoms. The van der Waals surface area contributed by atoms with Crippen LogP contribution >= 0.6 is 11.3 Å². The molecule has 0 saturated heterocycles. The van der Waals surface area contributed by atoms with Crippen LogP contribution in [0.5, 0.6) is 5.75 Å². The van der Waals surface area contributed by atoms with Gasteiger partial charge in [0, 0.05) is 11.1 Å². The van der Waals surface area contributed by atoms with E-state index in [4.69, 9.17) is 10.5 Å². The van der Waals surface area contributed by atoms with Crippen LogP contribution < -0.4 is 15.8 Å². The molecule has 0 radical (unpaired) electrons. The lowest BCUT2D eigenvalue weighted by atomic mass is 10.1. The molecule has 0 aliphatic carbocycles. The first-order valence-corrected chi connectivity index (χ1v) is 9.24. The van der Waals surface area contributed by atoms with Gasteiger partial charge in [-0.05, 0) is 38.5 Å². The molecule has 2 aromatic heterocycles. The Kier molecular flexibility index (Phi) is 5.36. The molecule has 1 aromatic carbocycles. The lowest BCUT2D eigenvalue weighted by Crippen LogP contribution is -2.16. The molecule has 0 unspecified atom stereocenters. The standard InChI is InChI=1S/C19H20N4O3S/c1-10-16-11(2)21-12(3)22-19(16)27-17(10)18(25)23-13-6-4-5-7-14(13)26-9-8-15(20)24/h4-7H,8-9H2,1-3H3,(H2,20,24)(H,23,25). The van der Waals surface area contributed by atoms with E-state index < -0.39 is 5.91 Å². The average Bonchev–Trinajstić information content (AvgIpc) is 2.93. The molecule has 27 heavy (non-hydrogen) atoms. The first-order chi connectivity index (χ1) is 12.9. The first-order valence-electron chi connectivity index (χ1n) is 8.42. The van der Waals surface area contributed by atoms with Crippen molar-refractivity contribution in [2.45, 2.75) is 27.2 Å². The molecule has 0 spiro atoms. The van der Waals surface area contributed by atoms with E-state index in [-0.39, 0.29) is 18.9 Å². The summed E-state index contributed by atoms with van der Waals surface area (Å²) in [6, 6.07) is 7.07. The van der Waals surface area contributed by atoms with Gasteiger partial charge >= 0.3 is 0 Å². The topological polar surface area (TPSA) is 107 Å². The summed E-state index contributed by atoms with van der Waals surface area (Å²) in [5, 5.41) is 3.80. The number of carbonyl (C=O) groups is 2. The monoisotopic (exact) mass is 384 g/mol. The summed E-state index contributed by atoms with van der Waals surface area (Å²) < 4.78 is 5.57. The fraction of sp³-hybridized carbons (Fsp3) is 0.263. The van der Waals surface area contributed by atoms with E-state index in [0.29, 0.717) is 22.1 Å². The number of aryl methyl sites for hydroxylation is 3. The van der Waals surface area contributed by atoms with E-state index in [1.54, 1.807) is 24.3 Å². The maximum Gasteiger partial charge on any atom is 0.266 e. The van der Waals surface area contributed by atoms with Crippen molar-refractivity contribution in [2.75, 3.05) is 11.9 Å². The predicted octanol–water partition coefficient (Wildman–Crippen LogP) is 3.12. The van der Waals surface area contributed by atoms with E-state index in [2.05, 4.69) is 15.3 Å². The second kappa shape index (κ2) is 7.71. The van der Waals surface area contributed by atoms with E-state index in [0.717, 1.165) is 21.5 Å². The molecule has 3 N–H and O–H groups in total. The summed E-state index contributed by atoms with van der Waals surface area (Å²) in [6.07, 6.45) is 0.106. The highest BCUT2D eigenvalue weighted by atomic mass is 32.1. The lowest BCUT2D eigenvalue weighted by molar-refractivity contribution is -0.118. The van der Waals surface area contributed by atoms with Crippen molar-refractivity contribution in [2.24, 2.45) is 5.73 Å². The number of nitrogens with one attached hydrogen (secondary N) is 1. The quantitative estimate of drug-likeness (QED) is 0.679. The Hall–Kier alpha value is -3.00. The molecular formula is C19H20N4O3S. The van der Waals surface area contributed by atoms with Crippen molar-refractivity contribution in [3.05, 3.63) is 46.2 Å². The number of nitrogens with two attached hydrogens (primary N) is 1. The average molecular weight is 384 g/mol. The summed E-state index contributed by atoms with van der Waals surface area (Å²) in [7, 11) is 0. The number of aromatic nitrogens is 2. The summed E-state index contributed by atoms with van der Waals surface area (Å²) in [5.41, 5.74) is 7.38. The van der Waals surface area contributed by atoms with Crippen molar-refractivity contribution in [1.82, 2.24) is 9.97 Å². The van der Waals surface area contributed by atoms with Crippen LogP contribution in [0.15, 0.2) is 24.3 Å². The number of para-hydroxylation sites is 2. The lowest BCUT2D eigenvalue weighted by Gasteiger charge is -2.11. The van der Waals surface area contributed by atoms with Gasteiger partial charge in [0.05, 0.1) is 23.6 Å². The summed E-state index contributed by atoms with van der Waals surface area (Å²) in [6.45, 7) is 5.80. The minimum absolute atomic E-state index is 0.106. The van der Waals surface area contributed by atoms with Crippen LogP contribution in [-0.4, -0.2) is 28.4 Å². The SMILES string of the molecule is Cc1nc(C)c2c(C)c(C(=O)Nc3ccccc3OCCC(N)=O)sc2n1. The molecule has 0 aliphatic rings. The normalized spacial score (nSPS) is 10.8. The Bertz CT molecular complexity index is 1030. The zero-order valence-corrected chi connectivity index (χ0v) is 16.1. The number of amides is 2. The fourth-order valence-electron chi connectivity index (χ4n) is 2.83. The number of nitrogens with zero attached hydrogens (tertiary/aromatic N) is 2. The number of thiophene rings is 1. The van der Waals surface area contributed by atoms with Gasteiger partial charge in [0.25, 0.3) is 5.91 Å². The minimum atomic E-state index is -0.441. The van der Waals surface area contributed by atoms with Crippen LogP contribution in [-0.2, 0) is 4.79 Å². The molecule has 0 fully saturated rings. The van der Waals surface area contributed by atoms with Gasteiger partial charge in [-0.1, -0.05) is 12.1 Å². The molecule has 0 aliphatic heterocycles. The molecular weight excluding hydrogens is 364 g/mol. The van der Waals surface area contributed by atoms with Crippen LogP contribution in [0.4, 0.5) is 5.69 Å². The third-order valence-electron chi connectivity index (χ3n) is 4.03. The number of hydrogen-bond acceptors (Lipinski definition) is 6. The van der Waals surface area contributed by atoms with Gasteiger partial charge in [-0.25, -0.2) is 9.97 Å². The zero-order chi connectivity index (χ0) is 19.6. The molecule has 3 rings (SSSR count). The second-order valence-electron chi connectivity index (χ2n) is 6.11. The van der Waals surface area contributed by atoms with Gasteiger partial charge < -0.3 is 15.8 Å². The van der Waals surface area contributed by atoms with Crippen LogP contribution in [0.1, 0.15) is 33.2 Å². The predicted molar refractivity (Wildman–Crippen MR) is 105 cm³/mol. The van der Waals surface area contributed by atoms with Crippen molar-refractivity contribution in [3.8, 4) is 5.75 Å². The van der Waals surface area contributed by atoms with E-state index in [1.165, 1.54) is 11.3 Å². The first kappa shape index (κ1) is 18.8.